The van der Waals surface area contributed by atoms with Gasteiger partial charge in [0.2, 0.25) is 11.8 Å². The number of carbonyl (C=O) groups excluding carboxylic acids is 2. The molecule has 3 rings (SSSR count). The average molecular weight is 312 g/mol. The van der Waals surface area contributed by atoms with Gasteiger partial charge in [-0.05, 0) is 28.8 Å². The van der Waals surface area contributed by atoms with Crippen molar-refractivity contribution >= 4 is 11.8 Å². The lowest BCUT2D eigenvalue weighted by Crippen LogP contribution is -2.45. The maximum atomic E-state index is 13.2. The summed E-state index contributed by atoms with van der Waals surface area (Å²) >= 11 is 0. The highest BCUT2D eigenvalue weighted by molar-refractivity contribution is 5.92. The van der Waals surface area contributed by atoms with Gasteiger partial charge in [0, 0.05) is 13.6 Å². The van der Waals surface area contributed by atoms with Crippen molar-refractivity contribution in [1.82, 2.24) is 10.2 Å². The number of nitrogens with zero attached hydrogens (tertiary/aromatic N) is 1. The minimum atomic E-state index is -0.652. The first kappa shape index (κ1) is 15.2. The molecule has 0 saturated heterocycles. The fourth-order valence-electron chi connectivity index (χ4n) is 2.85. The Balaban J connectivity index is 1.79. The number of halogens is 1. The molecular formula is C18H17FN2O2. The number of likely N-dealkylation sites (N-methyl/N-ethyl adjacent to an activating group) is 1. The highest BCUT2D eigenvalue weighted by Crippen LogP contribution is 2.29. The standard InChI is InChI=1S/C18H17FN2O2/c1-21-16(22)10-13-6-2-3-8-15(13)17(21)18(23)20-11-12-5-4-7-14(19)9-12/h2-9,17H,10-11H2,1H3,(H,20,23)/t17-/m0/s1. The van der Waals surface area contributed by atoms with E-state index in [0.29, 0.717) is 12.0 Å². The highest BCUT2D eigenvalue weighted by atomic mass is 19.1. The van der Waals surface area contributed by atoms with Crippen molar-refractivity contribution in [2.45, 2.75) is 19.0 Å². The van der Waals surface area contributed by atoms with Crippen molar-refractivity contribution in [3.63, 3.8) is 0 Å². The molecule has 0 radical (unpaired) electrons. The van der Waals surface area contributed by atoms with Gasteiger partial charge in [-0.3, -0.25) is 9.59 Å². The number of amides is 2. The van der Waals surface area contributed by atoms with Gasteiger partial charge in [0.15, 0.2) is 0 Å². The summed E-state index contributed by atoms with van der Waals surface area (Å²) in [5.41, 5.74) is 2.39. The number of fused-ring (bicyclic) bond motifs is 1. The first-order valence-corrected chi connectivity index (χ1v) is 7.42. The summed E-state index contributed by atoms with van der Waals surface area (Å²) in [6.07, 6.45) is 0.306. The van der Waals surface area contributed by atoms with Crippen molar-refractivity contribution in [3.8, 4) is 0 Å². The molecule has 5 heteroatoms. The Labute approximate surface area is 133 Å². The van der Waals surface area contributed by atoms with Crippen LogP contribution in [-0.4, -0.2) is 23.8 Å². The second-order valence-electron chi connectivity index (χ2n) is 5.63. The van der Waals surface area contributed by atoms with Gasteiger partial charge in [-0.1, -0.05) is 36.4 Å². The first-order chi connectivity index (χ1) is 11.1. The molecule has 23 heavy (non-hydrogen) atoms. The van der Waals surface area contributed by atoms with E-state index in [1.807, 2.05) is 24.3 Å². The molecule has 0 aliphatic carbocycles. The predicted molar refractivity (Wildman–Crippen MR) is 83.9 cm³/mol. The number of carbonyl (C=O) groups is 2. The lowest BCUT2D eigenvalue weighted by Gasteiger charge is -2.33. The third kappa shape index (κ3) is 3.08. The van der Waals surface area contributed by atoms with Crippen molar-refractivity contribution in [2.24, 2.45) is 0 Å². The van der Waals surface area contributed by atoms with Crippen molar-refractivity contribution in [2.75, 3.05) is 7.05 Å². The van der Waals surface area contributed by atoms with E-state index in [2.05, 4.69) is 5.32 Å². The van der Waals surface area contributed by atoms with Crippen LogP contribution < -0.4 is 5.32 Å². The monoisotopic (exact) mass is 312 g/mol. The largest absolute Gasteiger partial charge is 0.350 e. The number of hydrogen-bond donors (Lipinski definition) is 1. The minimum Gasteiger partial charge on any atom is -0.350 e. The second-order valence-corrected chi connectivity index (χ2v) is 5.63. The van der Waals surface area contributed by atoms with E-state index < -0.39 is 6.04 Å². The van der Waals surface area contributed by atoms with Crippen LogP contribution >= 0.6 is 0 Å². The van der Waals surface area contributed by atoms with E-state index in [1.165, 1.54) is 17.0 Å². The summed E-state index contributed by atoms with van der Waals surface area (Å²) in [4.78, 5) is 26.1. The van der Waals surface area contributed by atoms with Crippen LogP contribution in [0.15, 0.2) is 48.5 Å². The lowest BCUT2D eigenvalue weighted by molar-refractivity contribution is -0.140. The van der Waals surface area contributed by atoms with Crippen LogP contribution in [0, 0.1) is 5.82 Å². The molecule has 1 aliphatic heterocycles. The molecule has 0 aromatic heterocycles. The molecule has 1 N–H and O–H groups in total. The summed E-state index contributed by atoms with van der Waals surface area (Å²) < 4.78 is 13.2. The van der Waals surface area contributed by atoms with Crippen LogP contribution in [0.4, 0.5) is 4.39 Å². The van der Waals surface area contributed by atoms with Gasteiger partial charge in [0.1, 0.15) is 11.9 Å². The van der Waals surface area contributed by atoms with Gasteiger partial charge in [-0.25, -0.2) is 4.39 Å². The van der Waals surface area contributed by atoms with Gasteiger partial charge in [-0.2, -0.15) is 0 Å². The zero-order valence-electron chi connectivity index (χ0n) is 12.8. The number of nitrogens with one attached hydrogen (secondary N) is 1. The minimum absolute atomic E-state index is 0.0883. The van der Waals surface area contributed by atoms with Crippen LogP contribution in [0.5, 0.6) is 0 Å². The summed E-state index contributed by atoms with van der Waals surface area (Å²) in [6, 6.07) is 12.9. The number of rotatable bonds is 3. The Morgan fingerprint density at radius 1 is 1.26 bits per heavy atom. The SMILES string of the molecule is CN1C(=O)Cc2ccccc2[C@H]1C(=O)NCc1cccc(F)c1. The van der Waals surface area contributed by atoms with Crippen molar-refractivity contribution < 1.29 is 14.0 Å². The summed E-state index contributed by atoms with van der Waals surface area (Å²) in [6.45, 7) is 0.220. The molecule has 2 aromatic carbocycles. The van der Waals surface area contributed by atoms with Crippen molar-refractivity contribution in [1.29, 1.82) is 0 Å². The Hall–Kier alpha value is -2.69. The van der Waals surface area contributed by atoms with Gasteiger partial charge < -0.3 is 10.2 Å². The molecule has 118 valence electrons. The van der Waals surface area contributed by atoms with Gasteiger partial charge in [0.05, 0.1) is 6.42 Å². The van der Waals surface area contributed by atoms with E-state index >= 15 is 0 Å². The van der Waals surface area contributed by atoms with Crippen LogP contribution in [0.1, 0.15) is 22.7 Å². The van der Waals surface area contributed by atoms with Gasteiger partial charge >= 0.3 is 0 Å². The quantitative estimate of drug-likeness (QED) is 0.944. The molecule has 2 amide bonds. The Morgan fingerprint density at radius 2 is 2.04 bits per heavy atom. The zero-order chi connectivity index (χ0) is 16.4. The third-order valence-electron chi connectivity index (χ3n) is 4.08. The van der Waals surface area contributed by atoms with Crippen LogP contribution in [0.3, 0.4) is 0 Å². The molecule has 0 unspecified atom stereocenters. The zero-order valence-corrected chi connectivity index (χ0v) is 12.8. The Bertz CT molecular complexity index is 760. The molecular weight excluding hydrogens is 295 g/mol. The summed E-state index contributed by atoms with van der Waals surface area (Å²) in [5.74, 6) is -0.695. The fraction of sp³-hybridized carbons (Fsp3) is 0.222. The summed E-state index contributed by atoms with van der Waals surface area (Å²) in [5, 5.41) is 2.79. The molecule has 4 nitrogen and oxygen atoms in total. The molecule has 1 atom stereocenters. The first-order valence-electron chi connectivity index (χ1n) is 7.42. The molecule has 0 bridgehead atoms. The van der Waals surface area contributed by atoms with E-state index in [9.17, 15) is 14.0 Å². The number of hydrogen-bond acceptors (Lipinski definition) is 2. The maximum absolute atomic E-state index is 13.2. The maximum Gasteiger partial charge on any atom is 0.247 e. The predicted octanol–water partition coefficient (Wildman–Crippen LogP) is 2.20. The van der Waals surface area contributed by atoms with Gasteiger partial charge in [0.25, 0.3) is 0 Å². The number of benzene rings is 2. The van der Waals surface area contributed by atoms with Crippen LogP contribution in [0.2, 0.25) is 0 Å². The molecule has 1 aliphatic rings. The molecule has 0 fully saturated rings. The van der Waals surface area contributed by atoms with Crippen molar-refractivity contribution in [3.05, 3.63) is 71.0 Å². The smallest absolute Gasteiger partial charge is 0.247 e. The molecule has 0 spiro atoms. The normalized spacial score (nSPS) is 16.9. The molecule has 0 saturated carbocycles. The Morgan fingerprint density at radius 3 is 2.83 bits per heavy atom. The topological polar surface area (TPSA) is 49.4 Å². The second kappa shape index (κ2) is 6.20. The summed E-state index contributed by atoms with van der Waals surface area (Å²) in [7, 11) is 1.63. The van der Waals surface area contributed by atoms with E-state index in [4.69, 9.17) is 0 Å². The molecule has 1 heterocycles. The molecule has 2 aromatic rings. The van der Waals surface area contributed by atoms with E-state index in [0.717, 1.165) is 11.1 Å². The third-order valence-corrected chi connectivity index (χ3v) is 4.08. The highest BCUT2D eigenvalue weighted by Gasteiger charge is 2.34. The lowest BCUT2D eigenvalue weighted by atomic mass is 9.92. The average Bonchev–Trinajstić information content (AvgIpc) is 2.54. The Kier molecular flexibility index (Phi) is 4.10. The van der Waals surface area contributed by atoms with E-state index in [1.54, 1.807) is 19.2 Å². The van der Waals surface area contributed by atoms with Gasteiger partial charge in [-0.15, -0.1) is 0 Å². The fourth-order valence-corrected chi connectivity index (χ4v) is 2.85. The van der Waals surface area contributed by atoms with Crippen LogP contribution in [-0.2, 0) is 22.6 Å². The van der Waals surface area contributed by atoms with E-state index in [-0.39, 0.29) is 24.2 Å². The van der Waals surface area contributed by atoms with Crippen LogP contribution in [0.25, 0.3) is 0 Å².